The molecule has 0 saturated carbocycles. The summed E-state index contributed by atoms with van der Waals surface area (Å²) in [5, 5.41) is 12.4. The molecule has 0 spiro atoms. The van der Waals surface area contributed by atoms with Gasteiger partial charge in [-0.25, -0.2) is 13.2 Å². The van der Waals surface area contributed by atoms with E-state index >= 15 is 0 Å². The van der Waals surface area contributed by atoms with Crippen LogP contribution < -0.4 is 14.8 Å². The molecule has 0 fully saturated rings. The van der Waals surface area contributed by atoms with Crippen LogP contribution in [0.5, 0.6) is 5.75 Å². The number of nitrogens with zero attached hydrogens (tertiary/aromatic N) is 2. The molecule has 242 valence electrons. The molecule has 4 rings (SSSR count). The molecule has 3 N–H and O–H groups in total. The fraction of sp³-hybridized carbons (Fsp3) is 0.355. The van der Waals surface area contributed by atoms with Crippen LogP contribution in [0.15, 0.2) is 77.7 Å². The summed E-state index contributed by atoms with van der Waals surface area (Å²) in [4.78, 5) is 29.3. The summed E-state index contributed by atoms with van der Waals surface area (Å²) in [5.41, 5.74) is -0.0489. The lowest BCUT2D eigenvalue weighted by molar-refractivity contribution is -0.137. The van der Waals surface area contributed by atoms with Crippen molar-refractivity contribution < 1.29 is 41.0 Å². The van der Waals surface area contributed by atoms with Crippen LogP contribution in [0.4, 0.5) is 29.3 Å². The Morgan fingerprint density at radius 1 is 1.09 bits per heavy atom. The van der Waals surface area contributed by atoms with E-state index in [1.165, 1.54) is 41.1 Å². The SMILES string of the molecule is C[C@@H]1CN([C@H](C)CO)C(=O)Cc2cc(NS(=O)(=O)c3ccccc3)ccc2O[C@@H]1CN(C)C(=O)Nc1ccc(C(F)(F)F)cc1. The van der Waals surface area contributed by atoms with Gasteiger partial charge in [0.15, 0.2) is 0 Å². The standard InChI is InChI=1S/C31H35F3N4O6S/c1-20-17-38(21(2)19-39)29(40)16-22-15-25(36-45(42,43)26-7-5-4-6-8-26)13-14-27(22)44-28(20)18-37(3)30(41)35-24-11-9-23(10-12-24)31(32,33)34/h4-15,20-21,28,36,39H,16-19H2,1-3H3,(H,35,41)/t20-,21-,28-/m1/s1. The second-order valence-corrected chi connectivity index (χ2v) is 12.7. The summed E-state index contributed by atoms with van der Waals surface area (Å²) in [6.07, 6.45) is -5.31. The van der Waals surface area contributed by atoms with E-state index in [-0.39, 0.29) is 54.2 Å². The van der Waals surface area contributed by atoms with Gasteiger partial charge in [-0.05, 0) is 61.5 Å². The third kappa shape index (κ3) is 8.45. The highest BCUT2D eigenvalue weighted by molar-refractivity contribution is 7.92. The van der Waals surface area contributed by atoms with Crippen LogP contribution in [0.25, 0.3) is 0 Å². The van der Waals surface area contributed by atoms with Crippen molar-refractivity contribution in [3.63, 3.8) is 0 Å². The van der Waals surface area contributed by atoms with Gasteiger partial charge >= 0.3 is 12.2 Å². The van der Waals surface area contributed by atoms with E-state index in [1.807, 2.05) is 6.92 Å². The Balaban J connectivity index is 1.58. The second-order valence-electron chi connectivity index (χ2n) is 11.0. The number of benzene rings is 3. The van der Waals surface area contributed by atoms with Crippen LogP contribution in [-0.2, 0) is 27.4 Å². The predicted molar refractivity (Wildman–Crippen MR) is 162 cm³/mol. The van der Waals surface area contributed by atoms with E-state index in [4.69, 9.17) is 4.74 Å². The number of alkyl halides is 3. The van der Waals surface area contributed by atoms with E-state index in [1.54, 1.807) is 31.2 Å². The molecule has 0 unspecified atom stereocenters. The third-order valence-electron chi connectivity index (χ3n) is 7.49. The lowest BCUT2D eigenvalue weighted by Gasteiger charge is -2.34. The molecule has 0 radical (unpaired) electrons. The Morgan fingerprint density at radius 3 is 2.36 bits per heavy atom. The first-order valence-corrected chi connectivity index (χ1v) is 15.6. The molecule has 1 heterocycles. The van der Waals surface area contributed by atoms with Gasteiger partial charge in [0.05, 0.1) is 36.1 Å². The molecule has 0 bridgehead atoms. The normalized spacial score (nSPS) is 18.0. The molecule has 3 atom stereocenters. The Labute approximate surface area is 259 Å². The molecule has 0 saturated heterocycles. The maximum absolute atomic E-state index is 13.4. The highest BCUT2D eigenvalue weighted by Crippen LogP contribution is 2.31. The molecule has 3 aromatic rings. The molecule has 0 aromatic heterocycles. The summed E-state index contributed by atoms with van der Waals surface area (Å²) in [6, 6.07) is 15.3. The van der Waals surface area contributed by atoms with Crippen molar-refractivity contribution in [2.75, 3.05) is 36.8 Å². The number of sulfonamides is 1. The van der Waals surface area contributed by atoms with Crippen molar-refractivity contribution in [1.82, 2.24) is 9.80 Å². The summed E-state index contributed by atoms with van der Waals surface area (Å²) in [7, 11) is -2.41. The van der Waals surface area contributed by atoms with Gasteiger partial charge in [0.1, 0.15) is 11.9 Å². The van der Waals surface area contributed by atoms with Crippen LogP contribution >= 0.6 is 0 Å². The number of hydrogen-bond acceptors (Lipinski definition) is 6. The number of nitrogens with one attached hydrogen (secondary N) is 2. The van der Waals surface area contributed by atoms with Gasteiger partial charge in [0, 0.05) is 36.4 Å². The number of aliphatic hydroxyl groups is 1. The van der Waals surface area contributed by atoms with Crippen LogP contribution in [0.2, 0.25) is 0 Å². The van der Waals surface area contributed by atoms with Gasteiger partial charge in [-0.2, -0.15) is 13.2 Å². The number of hydrogen-bond donors (Lipinski definition) is 3. The zero-order chi connectivity index (χ0) is 32.9. The molecule has 14 heteroatoms. The number of carbonyl (C=O) groups is 2. The minimum Gasteiger partial charge on any atom is -0.488 e. The predicted octanol–water partition coefficient (Wildman–Crippen LogP) is 4.82. The largest absolute Gasteiger partial charge is 0.488 e. The minimum absolute atomic E-state index is 0.0327. The van der Waals surface area contributed by atoms with E-state index < -0.39 is 39.9 Å². The average Bonchev–Trinajstić information content (AvgIpc) is 3.04. The zero-order valence-electron chi connectivity index (χ0n) is 24.9. The third-order valence-corrected chi connectivity index (χ3v) is 8.88. The fourth-order valence-corrected chi connectivity index (χ4v) is 5.91. The molecule has 1 aliphatic heterocycles. The molecular weight excluding hydrogens is 613 g/mol. The van der Waals surface area contributed by atoms with Gasteiger partial charge < -0.3 is 25.0 Å². The molecule has 3 aromatic carbocycles. The van der Waals surface area contributed by atoms with Crippen LogP contribution in [0.1, 0.15) is 25.0 Å². The maximum Gasteiger partial charge on any atom is 0.416 e. The first-order valence-electron chi connectivity index (χ1n) is 14.1. The van der Waals surface area contributed by atoms with Gasteiger partial charge in [-0.15, -0.1) is 0 Å². The number of halogens is 3. The Kier molecular flexibility index (Phi) is 10.3. The highest BCUT2D eigenvalue weighted by Gasteiger charge is 2.33. The molecule has 0 aliphatic carbocycles. The summed E-state index contributed by atoms with van der Waals surface area (Å²) in [5.74, 6) is -0.324. The van der Waals surface area contributed by atoms with Gasteiger partial charge in [0.2, 0.25) is 5.91 Å². The number of ether oxygens (including phenoxy) is 1. The number of fused-ring (bicyclic) bond motifs is 1. The number of anilines is 2. The number of urea groups is 1. The Morgan fingerprint density at radius 2 is 1.73 bits per heavy atom. The smallest absolute Gasteiger partial charge is 0.416 e. The van der Waals surface area contributed by atoms with Gasteiger partial charge in [-0.1, -0.05) is 25.1 Å². The zero-order valence-corrected chi connectivity index (χ0v) is 25.7. The summed E-state index contributed by atoms with van der Waals surface area (Å²) in [6.45, 7) is 3.48. The van der Waals surface area contributed by atoms with Crippen LogP contribution in [0, 0.1) is 5.92 Å². The molecular formula is C31H35F3N4O6S. The number of carbonyl (C=O) groups excluding carboxylic acids is 2. The van der Waals surface area contributed by atoms with E-state index in [0.717, 1.165) is 24.3 Å². The van der Waals surface area contributed by atoms with Crippen molar-refractivity contribution in [2.45, 2.75) is 43.5 Å². The molecule has 1 aliphatic rings. The Hall–Kier alpha value is -4.30. The molecule has 45 heavy (non-hydrogen) atoms. The topological polar surface area (TPSA) is 128 Å². The lowest BCUT2D eigenvalue weighted by Crippen LogP contribution is -2.48. The summed E-state index contributed by atoms with van der Waals surface area (Å²) >= 11 is 0. The van der Waals surface area contributed by atoms with E-state index in [2.05, 4.69) is 10.0 Å². The van der Waals surface area contributed by atoms with Crippen molar-refractivity contribution in [1.29, 1.82) is 0 Å². The number of amides is 3. The average molecular weight is 649 g/mol. The molecule has 10 nitrogen and oxygen atoms in total. The lowest BCUT2D eigenvalue weighted by atomic mass is 10.0. The van der Waals surface area contributed by atoms with Gasteiger partial charge in [0.25, 0.3) is 10.0 Å². The minimum atomic E-state index is -4.50. The molecule has 3 amide bonds. The first-order chi connectivity index (χ1) is 21.2. The van der Waals surface area contributed by atoms with Crippen LogP contribution in [-0.4, -0.2) is 74.2 Å². The van der Waals surface area contributed by atoms with E-state index in [0.29, 0.717) is 11.3 Å². The number of aliphatic hydroxyl groups excluding tert-OH is 1. The van der Waals surface area contributed by atoms with Crippen molar-refractivity contribution in [3.8, 4) is 5.75 Å². The fourth-order valence-electron chi connectivity index (χ4n) is 4.84. The number of rotatable bonds is 8. The van der Waals surface area contributed by atoms with Crippen LogP contribution in [0.3, 0.4) is 0 Å². The quantitative estimate of drug-likeness (QED) is 0.322. The monoisotopic (exact) mass is 648 g/mol. The van der Waals surface area contributed by atoms with Crippen molar-refractivity contribution in [3.05, 3.63) is 83.9 Å². The van der Waals surface area contributed by atoms with Gasteiger partial charge in [-0.3, -0.25) is 9.52 Å². The Bertz CT molecular complexity index is 1600. The van der Waals surface area contributed by atoms with Crippen molar-refractivity contribution in [2.24, 2.45) is 5.92 Å². The first kappa shape index (κ1) is 33.6. The summed E-state index contributed by atoms with van der Waals surface area (Å²) < 4.78 is 73.5. The second kappa shape index (κ2) is 13.8. The maximum atomic E-state index is 13.4. The highest BCUT2D eigenvalue weighted by atomic mass is 32.2. The van der Waals surface area contributed by atoms with E-state index in [9.17, 15) is 36.3 Å². The van der Waals surface area contributed by atoms with Crippen molar-refractivity contribution >= 4 is 33.3 Å². The number of likely N-dealkylation sites (N-methyl/N-ethyl adjacent to an activating group) is 1.